The van der Waals surface area contributed by atoms with Crippen LogP contribution in [-0.2, 0) is 6.54 Å². The minimum absolute atomic E-state index is 0.225. The Kier molecular flexibility index (Phi) is 5.72. The number of fused-ring (bicyclic) bond motifs is 1. The zero-order valence-corrected chi connectivity index (χ0v) is 13.9. The first-order valence-electron chi connectivity index (χ1n) is 8.39. The van der Waals surface area contributed by atoms with Crippen LogP contribution in [0.25, 0.3) is 10.9 Å². The van der Waals surface area contributed by atoms with Crippen LogP contribution < -0.4 is 4.74 Å². The summed E-state index contributed by atoms with van der Waals surface area (Å²) in [6.45, 7) is 9.84. The average Bonchev–Trinajstić information content (AvgIpc) is 2.85. The van der Waals surface area contributed by atoms with Gasteiger partial charge in [0, 0.05) is 23.6 Å². The molecule has 2 nitrogen and oxygen atoms in total. The second kappa shape index (κ2) is 7.53. The third kappa shape index (κ3) is 4.26. The SMILES string of the molecule is CCCCC(CC)Cn1ccc2cc(OC(C)C)ccc21. The summed E-state index contributed by atoms with van der Waals surface area (Å²) in [4.78, 5) is 0. The van der Waals surface area contributed by atoms with Crippen molar-refractivity contribution in [3.63, 3.8) is 0 Å². The maximum Gasteiger partial charge on any atom is 0.120 e. The van der Waals surface area contributed by atoms with Crippen molar-refractivity contribution in [2.24, 2.45) is 5.92 Å². The monoisotopic (exact) mass is 287 g/mol. The van der Waals surface area contributed by atoms with Gasteiger partial charge in [0.1, 0.15) is 5.75 Å². The van der Waals surface area contributed by atoms with E-state index in [4.69, 9.17) is 4.74 Å². The van der Waals surface area contributed by atoms with E-state index < -0.39 is 0 Å². The molecule has 0 N–H and O–H groups in total. The van der Waals surface area contributed by atoms with Gasteiger partial charge in [-0.15, -0.1) is 0 Å². The maximum absolute atomic E-state index is 5.78. The summed E-state index contributed by atoms with van der Waals surface area (Å²) in [5.74, 6) is 1.75. The lowest BCUT2D eigenvalue weighted by atomic mass is 9.99. The van der Waals surface area contributed by atoms with Gasteiger partial charge in [0.2, 0.25) is 0 Å². The standard InChI is InChI=1S/C19H29NO/c1-5-7-8-16(6-2)14-20-12-11-17-13-18(21-15(3)4)9-10-19(17)20/h9-13,15-16H,5-8,14H2,1-4H3. The van der Waals surface area contributed by atoms with E-state index in [9.17, 15) is 0 Å². The molecule has 21 heavy (non-hydrogen) atoms. The minimum atomic E-state index is 0.225. The van der Waals surface area contributed by atoms with Crippen LogP contribution in [0.5, 0.6) is 5.75 Å². The number of unbranched alkanes of at least 4 members (excludes halogenated alkanes) is 1. The number of hydrogen-bond donors (Lipinski definition) is 0. The Morgan fingerprint density at radius 3 is 2.62 bits per heavy atom. The van der Waals surface area contributed by atoms with E-state index in [2.05, 4.69) is 62.7 Å². The second-order valence-electron chi connectivity index (χ2n) is 6.27. The summed E-state index contributed by atoms with van der Waals surface area (Å²) in [6, 6.07) is 8.64. The molecule has 1 aromatic heterocycles. The fraction of sp³-hybridized carbons (Fsp3) is 0.579. The highest BCUT2D eigenvalue weighted by Crippen LogP contribution is 2.25. The van der Waals surface area contributed by atoms with E-state index in [1.807, 2.05) is 0 Å². The first kappa shape index (κ1) is 15.9. The highest BCUT2D eigenvalue weighted by molar-refractivity contribution is 5.81. The fourth-order valence-corrected chi connectivity index (χ4v) is 2.88. The van der Waals surface area contributed by atoms with Crippen molar-refractivity contribution in [2.45, 2.75) is 66.0 Å². The first-order valence-corrected chi connectivity index (χ1v) is 8.39. The lowest BCUT2D eigenvalue weighted by Gasteiger charge is -2.16. The number of rotatable bonds is 8. The van der Waals surface area contributed by atoms with Crippen molar-refractivity contribution >= 4 is 10.9 Å². The summed E-state index contributed by atoms with van der Waals surface area (Å²) in [6.07, 6.45) is 7.67. The predicted molar refractivity (Wildman–Crippen MR) is 91.0 cm³/mol. The molecule has 0 fully saturated rings. The van der Waals surface area contributed by atoms with Gasteiger partial charge in [0.25, 0.3) is 0 Å². The van der Waals surface area contributed by atoms with Crippen LogP contribution in [0.4, 0.5) is 0 Å². The fourth-order valence-electron chi connectivity index (χ4n) is 2.88. The summed E-state index contributed by atoms with van der Waals surface area (Å²) in [5.41, 5.74) is 1.32. The van der Waals surface area contributed by atoms with Crippen molar-refractivity contribution < 1.29 is 4.74 Å². The Morgan fingerprint density at radius 1 is 1.14 bits per heavy atom. The van der Waals surface area contributed by atoms with E-state index >= 15 is 0 Å². The molecule has 0 bridgehead atoms. The number of hydrogen-bond acceptors (Lipinski definition) is 1. The summed E-state index contributed by atoms with van der Waals surface area (Å²) >= 11 is 0. The molecular formula is C19H29NO. The van der Waals surface area contributed by atoms with Crippen molar-refractivity contribution in [1.82, 2.24) is 4.57 Å². The van der Waals surface area contributed by atoms with Crippen molar-refractivity contribution in [3.8, 4) is 5.75 Å². The first-order chi connectivity index (χ1) is 10.1. The van der Waals surface area contributed by atoms with Crippen molar-refractivity contribution in [2.75, 3.05) is 0 Å². The Labute approximate surface area is 129 Å². The third-order valence-electron chi connectivity index (χ3n) is 4.11. The highest BCUT2D eigenvalue weighted by Gasteiger charge is 2.09. The van der Waals surface area contributed by atoms with Gasteiger partial charge >= 0.3 is 0 Å². The minimum Gasteiger partial charge on any atom is -0.491 e. The van der Waals surface area contributed by atoms with Gasteiger partial charge in [-0.25, -0.2) is 0 Å². The highest BCUT2D eigenvalue weighted by atomic mass is 16.5. The predicted octanol–water partition coefficient (Wildman–Crippen LogP) is 5.64. The van der Waals surface area contributed by atoms with Crippen molar-refractivity contribution in [3.05, 3.63) is 30.5 Å². The van der Waals surface area contributed by atoms with E-state index in [1.54, 1.807) is 0 Å². The summed E-state index contributed by atoms with van der Waals surface area (Å²) < 4.78 is 8.18. The molecule has 0 saturated carbocycles. The molecule has 2 aromatic rings. The maximum atomic E-state index is 5.78. The normalized spacial score (nSPS) is 13.0. The molecule has 1 aromatic carbocycles. The van der Waals surface area contributed by atoms with E-state index in [1.165, 1.54) is 36.6 Å². The molecule has 0 amide bonds. The molecule has 0 aliphatic heterocycles. The third-order valence-corrected chi connectivity index (χ3v) is 4.11. The van der Waals surface area contributed by atoms with Crippen LogP contribution in [0, 0.1) is 5.92 Å². The topological polar surface area (TPSA) is 14.2 Å². The van der Waals surface area contributed by atoms with E-state index in [0.29, 0.717) is 0 Å². The molecule has 1 heterocycles. The number of nitrogens with zero attached hydrogens (tertiary/aromatic N) is 1. The van der Waals surface area contributed by atoms with Crippen LogP contribution in [0.1, 0.15) is 53.4 Å². The van der Waals surface area contributed by atoms with Gasteiger partial charge in [-0.3, -0.25) is 0 Å². The molecule has 1 atom stereocenters. The van der Waals surface area contributed by atoms with Gasteiger partial charge in [0.05, 0.1) is 6.10 Å². The van der Waals surface area contributed by atoms with Gasteiger partial charge in [-0.2, -0.15) is 0 Å². The van der Waals surface area contributed by atoms with Gasteiger partial charge in [-0.1, -0.05) is 33.1 Å². The Hall–Kier alpha value is -1.44. The zero-order valence-electron chi connectivity index (χ0n) is 13.9. The molecule has 0 saturated heterocycles. The summed E-state index contributed by atoms with van der Waals surface area (Å²) in [7, 11) is 0. The number of aromatic nitrogens is 1. The molecule has 2 heteroatoms. The largest absolute Gasteiger partial charge is 0.491 e. The van der Waals surface area contributed by atoms with Gasteiger partial charge < -0.3 is 9.30 Å². The average molecular weight is 287 g/mol. The molecule has 2 rings (SSSR count). The van der Waals surface area contributed by atoms with Crippen LogP contribution in [-0.4, -0.2) is 10.7 Å². The Balaban J connectivity index is 2.14. The second-order valence-corrected chi connectivity index (χ2v) is 6.27. The van der Waals surface area contributed by atoms with Crippen LogP contribution >= 0.6 is 0 Å². The molecule has 1 unspecified atom stereocenters. The Morgan fingerprint density at radius 2 is 1.95 bits per heavy atom. The molecule has 0 radical (unpaired) electrons. The molecule has 116 valence electrons. The molecule has 0 aliphatic carbocycles. The lowest BCUT2D eigenvalue weighted by Crippen LogP contribution is -2.09. The van der Waals surface area contributed by atoms with E-state index in [0.717, 1.165) is 18.2 Å². The van der Waals surface area contributed by atoms with Gasteiger partial charge in [0.15, 0.2) is 0 Å². The number of ether oxygens (including phenoxy) is 1. The molecule has 0 spiro atoms. The van der Waals surface area contributed by atoms with Crippen LogP contribution in [0.3, 0.4) is 0 Å². The van der Waals surface area contributed by atoms with Crippen LogP contribution in [0.15, 0.2) is 30.5 Å². The van der Waals surface area contributed by atoms with Gasteiger partial charge in [-0.05, 0) is 50.5 Å². The Bertz CT molecular complexity index is 556. The van der Waals surface area contributed by atoms with Crippen LogP contribution in [0.2, 0.25) is 0 Å². The van der Waals surface area contributed by atoms with E-state index in [-0.39, 0.29) is 6.10 Å². The number of benzene rings is 1. The zero-order chi connectivity index (χ0) is 15.2. The molecular weight excluding hydrogens is 258 g/mol. The lowest BCUT2D eigenvalue weighted by molar-refractivity contribution is 0.243. The smallest absolute Gasteiger partial charge is 0.120 e. The summed E-state index contributed by atoms with van der Waals surface area (Å²) in [5, 5.41) is 1.28. The van der Waals surface area contributed by atoms with Crippen molar-refractivity contribution in [1.29, 1.82) is 0 Å². The molecule has 0 aliphatic rings. The quantitative estimate of drug-likeness (QED) is 0.612.